The van der Waals surface area contributed by atoms with Crippen molar-refractivity contribution in [3.05, 3.63) is 10.6 Å². The number of thiophene rings is 1. The van der Waals surface area contributed by atoms with Gasteiger partial charge in [0, 0.05) is 32.7 Å². The minimum absolute atomic E-state index is 0.0491. The summed E-state index contributed by atoms with van der Waals surface area (Å²) in [6.07, 6.45) is 0. The topological polar surface area (TPSA) is 67.4 Å². The van der Waals surface area contributed by atoms with E-state index in [2.05, 4.69) is 24.0 Å². The highest BCUT2D eigenvalue weighted by Crippen LogP contribution is 2.36. The number of anilines is 1. The summed E-state index contributed by atoms with van der Waals surface area (Å²) in [5.74, 6) is 0.0491. The van der Waals surface area contributed by atoms with E-state index in [9.17, 15) is 4.79 Å². The van der Waals surface area contributed by atoms with Crippen molar-refractivity contribution >= 4 is 33.1 Å². The van der Waals surface area contributed by atoms with Crippen LogP contribution in [0.15, 0.2) is 0 Å². The van der Waals surface area contributed by atoms with Crippen LogP contribution >= 0.6 is 11.3 Å². The Morgan fingerprint density at radius 3 is 2.71 bits per heavy atom. The number of fused-ring (bicyclic) bond motifs is 1. The molecule has 3 rings (SSSR count). The molecule has 1 aliphatic heterocycles. The zero-order valence-corrected chi connectivity index (χ0v) is 13.7. The van der Waals surface area contributed by atoms with Gasteiger partial charge in [0.1, 0.15) is 9.71 Å². The highest BCUT2D eigenvalue weighted by Gasteiger charge is 2.29. The van der Waals surface area contributed by atoms with Crippen LogP contribution in [-0.4, -0.2) is 58.2 Å². The van der Waals surface area contributed by atoms with Crippen LogP contribution in [0.3, 0.4) is 0 Å². The number of nitrogens with zero attached hydrogens (tertiary/aromatic N) is 4. The van der Waals surface area contributed by atoms with Crippen molar-refractivity contribution in [2.75, 3.05) is 32.4 Å². The van der Waals surface area contributed by atoms with Crippen molar-refractivity contribution in [2.24, 2.45) is 7.05 Å². The lowest BCUT2D eigenvalue weighted by atomic mass is 10.2. The molecule has 6 nitrogen and oxygen atoms in total. The summed E-state index contributed by atoms with van der Waals surface area (Å²) in [7, 11) is 3.98. The molecule has 2 N–H and O–H groups in total. The van der Waals surface area contributed by atoms with Crippen LogP contribution in [0.1, 0.15) is 22.3 Å². The molecule has 21 heavy (non-hydrogen) atoms. The van der Waals surface area contributed by atoms with Gasteiger partial charge in [0.25, 0.3) is 5.91 Å². The second-order valence-electron chi connectivity index (χ2n) is 5.81. The highest BCUT2D eigenvalue weighted by atomic mass is 32.1. The molecule has 0 bridgehead atoms. The monoisotopic (exact) mass is 307 g/mol. The van der Waals surface area contributed by atoms with Crippen LogP contribution < -0.4 is 5.73 Å². The van der Waals surface area contributed by atoms with Crippen molar-refractivity contribution in [1.82, 2.24) is 19.6 Å². The Morgan fingerprint density at radius 2 is 2.10 bits per heavy atom. The normalized spacial score (nSPS) is 20.4. The number of amides is 1. The van der Waals surface area contributed by atoms with Gasteiger partial charge in [-0.25, -0.2) is 0 Å². The number of hydrogen-bond donors (Lipinski definition) is 1. The number of aryl methyl sites for hydroxylation is 2. The summed E-state index contributed by atoms with van der Waals surface area (Å²) in [5, 5.41) is 5.29. The average Bonchev–Trinajstić information content (AvgIpc) is 2.92. The van der Waals surface area contributed by atoms with E-state index in [0.717, 1.165) is 35.5 Å². The first kappa shape index (κ1) is 14.3. The molecule has 1 fully saturated rings. The van der Waals surface area contributed by atoms with Gasteiger partial charge in [0.2, 0.25) is 0 Å². The smallest absolute Gasteiger partial charge is 0.266 e. The molecule has 0 aliphatic carbocycles. The van der Waals surface area contributed by atoms with Crippen molar-refractivity contribution in [3.8, 4) is 0 Å². The van der Waals surface area contributed by atoms with Gasteiger partial charge in [0.15, 0.2) is 0 Å². The lowest BCUT2D eigenvalue weighted by Gasteiger charge is -2.37. The third kappa shape index (κ3) is 2.20. The van der Waals surface area contributed by atoms with Crippen molar-refractivity contribution in [3.63, 3.8) is 0 Å². The van der Waals surface area contributed by atoms with Gasteiger partial charge in [-0.05, 0) is 20.9 Å². The maximum atomic E-state index is 12.8. The standard InChI is InChI=1S/C14H21N5OS/c1-8-7-19(6-5-17(8)3)13(20)12-11(15)10-9(2)16-18(4)14(10)21-12/h8H,5-7,15H2,1-4H3. The van der Waals surface area contributed by atoms with E-state index in [1.807, 2.05) is 18.9 Å². The number of likely N-dealkylation sites (N-methyl/N-ethyl adjacent to an activating group) is 1. The Morgan fingerprint density at radius 1 is 1.38 bits per heavy atom. The Bertz CT molecular complexity index is 704. The molecule has 0 aromatic carbocycles. The average molecular weight is 307 g/mol. The molecule has 2 aromatic rings. The van der Waals surface area contributed by atoms with Gasteiger partial charge in [-0.1, -0.05) is 0 Å². The lowest BCUT2D eigenvalue weighted by molar-refractivity contribution is 0.0578. The predicted molar refractivity (Wildman–Crippen MR) is 85.7 cm³/mol. The Kier molecular flexibility index (Phi) is 3.41. The van der Waals surface area contributed by atoms with Gasteiger partial charge >= 0.3 is 0 Å². The number of nitrogen functional groups attached to an aromatic ring is 1. The molecule has 1 saturated heterocycles. The Balaban J connectivity index is 1.95. The summed E-state index contributed by atoms with van der Waals surface area (Å²) in [4.78, 5) is 18.6. The lowest BCUT2D eigenvalue weighted by Crippen LogP contribution is -2.51. The van der Waals surface area contributed by atoms with E-state index in [1.54, 1.807) is 4.68 Å². The third-order valence-electron chi connectivity index (χ3n) is 4.32. The Hall–Kier alpha value is -1.60. The van der Waals surface area contributed by atoms with E-state index in [4.69, 9.17) is 5.73 Å². The number of hydrogen-bond acceptors (Lipinski definition) is 5. The largest absolute Gasteiger partial charge is 0.397 e. The molecule has 1 aliphatic rings. The maximum Gasteiger partial charge on any atom is 0.266 e. The summed E-state index contributed by atoms with van der Waals surface area (Å²) >= 11 is 1.45. The first-order valence-corrected chi connectivity index (χ1v) is 7.93. The van der Waals surface area contributed by atoms with Crippen LogP contribution in [0.4, 0.5) is 5.69 Å². The van der Waals surface area contributed by atoms with Crippen LogP contribution in [0.5, 0.6) is 0 Å². The van der Waals surface area contributed by atoms with Gasteiger partial charge in [-0.15, -0.1) is 11.3 Å². The number of rotatable bonds is 1. The van der Waals surface area contributed by atoms with E-state index in [0.29, 0.717) is 16.6 Å². The minimum atomic E-state index is 0.0491. The van der Waals surface area contributed by atoms with E-state index in [-0.39, 0.29) is 5.91 Å². The van der Waals surface area contributed by atoms with Crippen LogP contribution in [0, 0.1) is 6.92 Å². The first-order valence-electron chi connectivity index (χ1n) is 7.11. The molecule has 1 atom stereocenters. The van der Waals surface area contributed by atoms with E-state index < -0.39 is 0 Å². The Labute approximate surface area is 128 Å². The fourth-order valence-corrected chi connectivity index (χ4v) is 4.02. The zero-order chi connectivity index (χ0) is 15.3. The predicted octanol–water partition coefficient (Wildman–Crippen LogP) is 1.30. The molecular formula is C14H21N5OS. The SMILES string of the molecule is Cc1nn(C)c2sc(C(=O)N3CCN(C)C(C)C3)c(N)c12. The second-order valence-corrected chi connectivity index (χ2v) is 6.81. The summed E-state index contributed by atoms with van der Waals surface area (Å²) < 4.78 is 1.80. The number of aromatic nitrogens is 2. The number of nitrogens with two attached hydrogens (primary N) is 1. The van der Waals surface area contributed by atoms with Gasteiger partial charge in [-0.3, -0.25) is 9.48 Å². The van der Waals surface area contributed by atoms with Crippen LogP contribution in [0.25, 0.3) is 10.2 Å². The van der Waals surface area contributed by atoms with Gasteiger partial charge < -0.3 is 15.5 Å². The zero-order valence-electron chi connectivity index (χ0n) is 12.9. The number of carbonyl (C=O) groups is 1. The van der Waals surface area contributed by atoms with Gasteiger partial charge in [-0.2, -0.15) is 5.10 Å². The molecule has 7 heteroatoms. The van der Waals surface area contributed by atoms with Crippen LogP contribution in [-0.2, 0) is 7.05 Å². The molecule has 2 aromatic heterocycles. The number of piperazine rings is 1. The van der Waals surface area contributed by atoms with E-state index >= 15 is 0 Å². The summed E-state index contributed by atoms with van der Waals surface area (Å²) in [6.45, 7) is 6.47. The van der Waals surface area contributed by atoms with Crippen molar-refractivity contribution in [2.45, 2.75) is 19.9 Å². The van der Waals surface area contributed by atoms with E-state index in [1.165, 1.54) is 11.3 Å². The van der Waals surface area contributed by atoms with Crippen LogP contribution in [0.2, 0.25) is 0 Å². The fourth-order valence-electron chi connectivity index (χ4n) is 2.86. The summed E-state index contributed by atoms with van der Waals surface area (Å²) in [6, 6.07) is 0.377. The molecule has 114 valence electrons. The maximum absolute atomic E-state index is 12.8. The molecule has 3 heterocycles. The van der Waals surface area contributed by atoms with Crippen molar-refractivity contribution in [1.29, 1.82) is 0 Å². The molecule has 1 amide bonds. The summed E-state index contributed by atoms with van der Waals surface area (Å²) in [5.41, 5.74) is 7.68. The molecule has 0 spiro atoms. The number of carbonyl (C=O) groups excluding carboxylic acids is 1. The fraction of sp³-hybridized carbons (Fsp3) is 0.571. The quantitative estimate of drug-likeness (QED) is 0.862. The second kappa shape index (κ2) is 4.99. The molecule has 1 unspecified atom stereocenters. The molecular weight excluding hydrogens is 286 g/mol. The van der Waals surface area contributed by atoms with Gasteiger partial charge in [0.05, 0.1) is 16.8 Å². The third-order valence-corrected chi connectivity index (χ3v) is 5.58. The molecule has 0 radical (unpaired) electrons. The van der Waals surface area contributed by atoms with Crippen molar-refractivity contribution < 1.29 is 4.79 Å². The molecule has 0 saturated carbocycles. The minimum Gasteiger partial charge on any atom is -0.397 e. The highest BCUT2D eigenvalue weighted by molar-refractivity contribution is 7.21. The first-order chi connectivity index (χ1) is 9.90.